The van der Waals surface area contributed by atoms with Gasteiger partial charge in [0, 0.05) is 0 Å². The van der Waals surface area contributed by atoms with Crippen molar-refractivity contribution >= 4 is 0 Å². The number of nitriles is 1. The van der Waals surface area contributed by atoms with Gasteiger partial charge in [-0.3, -0.25) is 0 Å². The Bertz CT molecular complexity index is 443. The third kappa shape index (κ3) is 5.50. The Morgan fingerprint density at radius 3 is 1.82 bits per heavy atom. The fourth-order valence-corrected chi connectivity index (χ4v) is 1.32. The summed E-state index contributed by atoms with van der Waals surface area (Å²) in [5.74, 6) is 0. The van der Waals surface area contributed by atoms with E-state index in [4.69, 9.17) is 11.0 Å². The molecule has 0 aliphatic heterocycles. The van der Waals surface area contributed by atoms with Gasteiger partial charge in [0.25, 0.3) is 0 Å². The summed E-state index contributed by atoms with van der Waals surface area (Å²) in [7, 11) is 0. The molecular weight excluding hydrogens is 208 g/mol. The summed E-state index contributed by atoms with van der Waals surface area (Å²) in [5, 5.41) is 8.29. The molecule has 2 heteroatoms. The standard InChI is InChI=1S/C8H11N.C7H5N/c9-7-6-8-4-2-1-3-5-8;8-6-7-4-2-1-3-5-7/h1-5H,6-7,9H2;1-5H. The highest BCUT2D eigenvalue weighted by Gasteiger charge is 1.84. The van der Waals surface area contributed by atoms with Crippen molar-refractivity contribution in [3.05, 3.63) is 71.8 Å². The molecule has 0 aromatic heterocycles. The second-order valence-corrected chi connectivity index (χ2v) is 3.50. The van der Waals surface area contributed by atoms with E-state index >= 15 is 0 Å². The molecule has 2 aromatic carbocycles. The highest BCUT2D eigenvalue weighted by Crippen LogP contribution is 1.96. The molecule has 0 radical (unpaired) electrons. The lowest BCUT2D eigenvalue weighted by atomic mass is 10.2. The summed E-state index contributed by atoms with van der Waals surface area (Å²) in [6.07, 6.45) is 0.987. The van der Waals surface area contributed by atoms with Gasteiger partial charge in [0.1, 0.15) is 0 Å². The van der Waals surface area contributed by atoms with E-state index in [9.17, 15) is 0 Å². The van der Waals surface area contributed by atoms with Crippen LogP contribution in [-0.2, 0) is 6.42 Å². The van der Waals surface area contributed by atoms with Gasteiger partial charge in [-0.05, 0) is 30.7 Å². The summed E-state index contributed by atoms with van der Waals surface area (Å²) in [5.41, 5.74) is 7.40. The molecule has 0 aliphatic rings. The molecule has 0 heterocycles. The zero-order valence-electron chi connectivity index (χ0n) is 9.71. The van der Waals surface area contributed by atoms with Gasteiger partial charge in [-0.15, -0.1) is 0 Å². The van der Waals surface area contributed by atoms with Crippen LogP contribution in [0.4, 0.5) is 0 Å². The van der Waals surface area contributed by atoms with Crippen LogP contribution in [0.2, 0.25) is 0 Å². The molecule has 86 valence electrons. The topological polar surface area (TPSA) is 49.8 Å². The predicted octanol–water partition coefficient (Wildman–Crippen LogP) is 2.75. The summed E-state index contributed by atoms with van der Waals surface area (Å²) >= 11 is 0. The van der Waals surface area contributed by atoms with Crippen molar-refractivity contribution in [1.29, 1.82) is 5.26 Å². The lowest BCUT2D eigenvalue weighted by Gasteiger charge is -1.93. The van der Waals surface area contributed by atoms with Gasteiger partial charge in [-0.2, -0.15) is 5.26 Å². The number of hydrogen-bond donors (Lipinski definition) is 1. The Hall–Kier alpha value is -2.11. The quantitative estimate of drug-likeness (QED) is 0.852. The van der Waals surface area contributed by atoms with E-state index in [0.717, 1.165) is 13.0 Å². The minimum Gasteiger partial charge on any atom is -0.330 e. The van der Waals surface area contributed by atoms with Crippen LogP contribution in [0.25, 0.3) is 0 Å². The van der Waals surface area contributed by atoms with Crippen LogP contribution in [0, 0.1) is 11.3 Å². The van der Waals surface area contributed by atoms with Crippen LogP contribution < -0.4 is 5.73 Å². The second kappa shape index (κ2) is 8.09. The van der Waals surface area contributed by atoms with E-state index in [1.807, 2.05) is 42.5 Å². The monoisotopic (exact) mass is 224 g/mol. The number of rotatable bonds is 2. The average molecular weight is 224 g/mol. The fraction of sp³-hybridized carbons (Fsp3) is 0.133. The molecule has 0 atom stereocenters. The first-order valence-corrected chi connectivity index (χ1v) is 5.56. The molecule has 2 rings (SSSR count). The molecule has 0 fully saturated rings. The van der Waals surface area contributed by atoms with Gasteiger partial charge in [-0.1, -0.05) is 48.5 Å². The van der Waals surface area contributed by atoms with E-state index in [2.05, 4.69) is 12.1 Å². The Kier molecular flexibility index (Phi) is 6.17. The molecule has 2 aromatic rings. The van der Waals surface area contributed by atoms with E-state index < -0.39 is 0 Å². The first kappa shape index (κ1) is 13.0. The molecule has 0 spiro atoms. The van der Waals surface area contributed by atoms with E-state index in [-0.39, 0.29) is 0 Å². The highest BCUT2D eigenvalue weighted by atomic mass is 14.5. The smallest absolute Gasteiger partial charge is 0.0991 e. The van der Waals surface area contributed by atoms with Gasteiger partial charge in [0.2, 0.25) is 0 Å². The Morgan fingerprint density at radius 1 is 0.882 bits per heavy atom. The Balaban J connectivity index is 0.000000171. The molecule has 17 heavy (non-hydrogen) atoms. The zero-order chi connectivity index (χ0) is 12.3. The maximum absolute atomic E-state index is 8.29. The van der Waals surface area contributed by atoms with Gasteiger partial charge < -0.3 is 5.73 Å². The molecule has 0 bridgehead atoms. The van der Waals surface area contributed by atoms with E-state index in [1.165, 1.54) is 5.56 Å². The third-order valence-corrected chi connectivity index (χ3v) is 2.18. The molecule has 2 nitrogen and oxygen atoms in total. The Labute approximate surface area is 102 Å². The maximum atomic E-state index is 8.29. The van der Waals surface area contributed by atoms with Gasteiger partial charge in [-0.25, -0.2) is 0 Å². The number of hydrogen-bond acceptors (Lipinski definition) is 2. The molecular formula is C15H16N2. The van der Waals surface area contributed by atoms with Crippen LogP contribution in [0.15, 0.2) is 60.7 Å². The lowest BCUT2D eigenvalue weighted by molar-refractivity contribution is 0.969. The summed E-state index contributed by atoms with van der Waals surface area (Å²) in [4.78, 5) is 0. The zero-order valence-corrected chi connectivity index (χ0v) is 9.71. The van der Waals surface area contributed by atoms with Crippen LogP contribution in [-0.4, -0.2) is 6.54 Å². The average Bonchev–Trinajstić information content (AvgIpc) is 2.42. The molecule has 0 saturated heterocycles. The van der Waals surface area contributed by atoms with Crippen molar-refractivity contribution < 1.29 is 0 Å². The fourth-order valence-electron chi connectivity index (χ4n) is 1.32. The van der Waals surface area contributed by atoms with Crippen LogP contribution in [0.3, 0.4) is 0 Å². The largest absolute Gasteiger partial charge is 0.330 e. The number of benzene rings is 2. The van der Waals surface area contributed by atoms with Crippen LogP contribution in [0.5, 0.6) is 0 Å². The normalized spacial score (nSPS) is 8.71. The van der Waals surface area contributed by atoms with E-state index in [0.29, 0.717) is 5.56 Å². The molecule has 0 amide bonds. The maximum Gasteiger partial charge on any atom is 0.0991 e. The van der Waals surface area contributed by atoms with Crippen molar-refractivity contribution in [2.24, 2.45) is 5.73 Å². The predicted molar refractivity (Wildman–Crippen MR) is 70.4 cm³/mol. The second-order valence-electron chi connectivity index (χ2n) is 3.50. The minimum absolute atomic E-state index is 0.715. The summed E-state index contributed by atoms with van der Waals surface area (Å²) < 4.78 is 0. The molecule has 2 N–H and O–H groups in total. The lowest BCUT2D eigenvalue weighted by Crippen LogP contribution is -2.01. The van der Waals surface area contributed by atoms with Crippen molar-refractivity contribution in [1.82, 2.24) is 0 Å². The van der Waals surface area contributed by atoms with Crippen molar-refractivity contribution in [2.45, 2.75) is 6.42 Å². The molecule has 0 saturated carbocycles. The van der Waals surface area contributed by atoms with Gasteiger partial charge in [0.05, 0.1) is 11.6 Å². The van der Waals surface area contributed by atoms with E-state index in [1.54, 1.807) is 12.1 Å². The molecule has 0 unspecified atom stereocenters. The number of nitrogens with zero attached hydrogens (tertiary/aromatic N) is 1. The third-order valence-electron chi connectivity index (χ3n) is 2.18. The first-order valence-electron chi connectivity index (χ1n) is 5.56. The summed E-state index contributed by atoms with van der Waals surface area (Å²) in [6, 6.07) is 21.4. The van der Waals surface area contributed by atoms with Gasteiger partial charge >= 0.3 is 0 Å². The Morgan fingerprint density at radius 2 is 1.41 bits per heavy atom. The summed E-state index contributed by atoms with van der Waals surface area (Å²) in [6.45, 7) is 0.740. The SMILES string of the molecule is N#Cc1ccccc1.NCCc1ccccc1. The van der Waals surface area contributed by atoms with Crippen LogP contribution in [0.1, 0.15) is 11.1 Å². The van der Waals surface area contributed by atoms with Gasteiger partial charge in [0.15, 0.2) is 0 Å². The van der Waals surface area contributed by atoms with Crippen molar-refractivity contribution in [2.75, 3.05) is 6.54 Å². The minimum atomic E-state index is 0.715. The first-order chi connectivity index (χ1) is 8.36. The van der Waals surface area contributed by atoms with Crippen molar-refractivity contribution in [3.8, 4) is 6.07 Å². The molecule has 0 aliphatic carbocycles. The van der Waals surface area contributed by atoms with Crippen LogP contribution >= 0.6 is 0 Å². The number of nitrogens with two attached hydrogens (primary N) is 1. The van der Waals surface area contributed by atoms with Crippen molar-refractivity contribution in [3.63, 3.8) is 0 Å². The highest BCUT2D eigenvalue weighted by molar-refractivity contribution is 5.27.